The standard InChI is InChI=1S/C31H36ClN3O4S/c1-22-13-14-23(2)29(19-22)35(40(38,39)28-11-5-4-6-12-28)21-30(36)34(20-25-15-17-26(32)18-16-25)24(3)31(37)33-27-9-7-8-10-27/h4-6,11-19,24,27H,7-10,20-21H2,1-3H3,(H,33,37)/t24-/m1/s1. The summed E-state index contributed by atoms with van der Waals surface area (Å²) in [6.45, 7) is 5.04. The molecule has 0 aromatic heterocycles. The van der Waals surface area contributed by atoms with Crippen LogP contribution in [0.4, 0.5) is 5.69 Å². The molecule has 0 spiro atoms. The zero-order chi connectivity index (χ0) is 28.9. The fraction of sp³-hybridized carbons (Fsp3) is 0.355. The second kappa shape index (κ2) is 12.9. The second-order valence-corrected chi connectivity index (χ2v) is 12.7. The molecule has 0 heterocycles. The number of anilines is 1. The molecule has 1 N–H and O–H groups in total. The van der Waals surface area contributed by atoms with Crippen LogP contribution in [0.2, 0.25) is 5.02 Å². The normalized spacial score (nSPS) is 14.5. The Balaban J connectivity index is 1.70. The molecule has 1 atom stereocenters. The Kier molecular flexibility index (Phi) is 9.53. The van der Waals surface area contributed by atoms with Gasteiger partial charge in [0.15, 0.2) is 0 Å². The molecule has 1 saturated carbocycles. The average Bonchev–Trinajstić information content (AvgIpc) is 3.45. The lowest BCUT2D eigenvalue weighted by atomic mass is 10.1. The van der Waals surface area contributed by atoms with Crippen LogP contribution in [0.5, 0.6) is 0 Å². The van der Waals surface area contributed by atoms with Crippen LogP contribution in [0.1, 0.15) is 49.3 Å². The number of carbonyl (C=O) groups excluding carboxylic acids is 2. The number of rotatable bonds is 10. The Morgan fingerprint density at radius 3 is 2.27 bits per heavy atom. The molecule has 1 fully saturated rings. The summed E-state index contributed by atoms with van der Waals surface area (Å²) in [6, 6.07) is 19.9. The summed E-state index contributed by atoms with van der Waals surface area (Å²) < 4.78 is 29.0. The molecule has 0 saturated heterocycles. The highest BCUT2D eigenvalue weighted by atomic mass is 35.5. The van der Waals surface area contributed by atoms with Gasteiger partial charge in [-0.3, -0.25) is 13.9 Å². The molecule has 4 rings (SSSR count). The fourth-order valence-corrected chi connectivity index (χ4v) is 6.60. The van der Waals surface area contributed by atoms with Gasteiger partial charge in [-0.05, 0) is 80.6 Å². The van der Waals surface area contributed by atoms with Gasteiger partial charge in [0, 0.05) is 17.6 Å². The van der Waals surface area contributed by atoms with Gasteiger partial charge in [0.2, 0.25) is 11.8 Å². The summed E-state index contributed by atoms with van der Waals surface area (Å²) >= 11 is 6.07. The van der Waals surface area contributed by atoms with Gasteiger partial charge in [0.05, 0.1) is 10.6 Å². The SMILES string of the molecule is Cc1ccc(C)c(N(CC(=O)N(Cc2ccc(Cl)cc2)[C@H](C)C(=O)NC2CCCC2)S(=O)(=O)c2ccccc2)c1. The van der Waals surface area contributed by atoms with Crippen LogP contribution < -0.4 is 9.62 Å². The van der Waals surface area contributed by atoms with Crippen molar-refractivity contribution < 1.29 is 18.0 Å². The van der Waals surface area contributed by atoms with Crippen molar-refractivity contribution in [1.82, 2.24) is 10.2 Å². The minimum absolute atomic E-state index is 0.0833. The van der Waals surface area contributed by atoms with E-state index >= 15 is 0 Å². The topological polar surface area (TPSA) is 86.8 Å². The molecule has 3 aromatic carbocycles. The van der Waals surface area contributed by atoms with E-state index < -0.39 is 28.5 Å². The van der Waals surface area contributed by atoms with Gasteiger partial charge in [-0.25, -0.2) is 8.42 Å². The van der Waals surface area contributed by atoms with Crippen LogP contribution in [-0.2, 0) is 26.2 Å². The minimum Gasteiger partial charge on any atom is -0.352 e. The number of benzene rings is 3. The van der Waals surface area contributed by atoms with Gasteiger partial charge in [0.1, 0.15) is 12.6 Å². The molecule has 0 aliphatic heterocycles. The number of nitrogens with one attached hydrogen (secondary N) is 1. The number of halogens is 1. The molecule has 1 aliphatic carbocycles. The van der Waals surface area contributed by atoms with E-state index in [0.717, 1.165) is 41.1 Å². The maximum atomic E-state index is 14.1. The first-order valence-corrected chi connectivity index (χ1v) is 15.4. The van der Waals surface area contributed by atoms with Gasteiger partial charge in [-0.2, -0.15) is 0 Å². The van der Waals surface area contributed by atoms with Crippen LogP contribution in [0, 0.1) is 13.8 Å². The lowest BCUT2D eigenvalue weighted by Crippen LogP contribution is -2.52. The van der Waals surface area contributed by atoms with Gasteiger partial charge in [-0.1, -0.05) is 66.9 Å². The van der Waals surface area contributed by atoms with Gasteiger partial charge in [0.25, 0.3) is 10.0 Å². The molecule has 0 unspecified atom stereocenters. The van der Waals surface area contributed by atoms with Gasteiger partial charge in [-0.15, -0.1) is 0 Å². The number of amides is 2. The maximum absolute atomic E-state index is 14.1. The summed E-state index contributed by atoms with van der Waals surface area (Å²) in [5.41, 5.74) is 2.78. The summed E-state index contributed by atoms with van der Waals surface area (Å²) in [5.74, 6) is -0.733. The van der Waals surface area contributed by atoms with Crippen LogP contribution >= 0.6 is 11.6 Å². The zero-order valence-corrected chi connectivity index (χ0v) is 24.7. The van der Waals surface area contributed by atoms with E-state index in [1.807, 2.05) is 26.0 Å². The smallest absolute Gasteiger partial charge is 0.264 e. The quantitative estimate of drug-likeness (QED) is 0.336. The van der Waals surface area contributed by atoms with Crippen molar-refractivity contribution in [2.45, 2.75) is 70.0 Å². The van der Waals surface area contributed by atoms with Gasteiger partial charge >= 0.3 is 0 Å². The molecule has 0 radical (unpaired) electrons. The Labute approximate surface area is 242 Å². The van der Waals surface area contributed by atoms with E-state index in [4.69, 9.17) is 11.6 Å². The summed E-state index contributed by atoms with van der Waals surface area (Å²) in [4.78, 5) is 28.9. The van der Waals surface area contributed by atoms with Crippen molar-refractivity contribution in [3.8, 4) is 0 Å². The first kappa shape index (κ1) is 29.6. The van der Waals surface area contributed by atoms with Gasteiger partial charge < -0.3 is 10.2 Å². The van der Waals surface area contributed by atoms with Crippen LogP contribution in [0.3, 0.4) is 0 Å². The van der Waals surface area contributed by atoms with Crippen molar-refractivity contribution in [3.63, 3.8) is 0 Å². The van der Waals surface area contributed by atoms with E-state index in [9.17, 15) is 18.0 Å². The molecule has 3 aromatic rings. The molecular formula is C31H36ClN3O4S. The third-order valence-corrected chi connectivity index (χ3v) is 9.40. The number of nitrogens with zero attached hydrogens (tertiary/aromatic N) is 2. The average molecular weight is 582 g/mol. The van der Waals surface area contributed by atoms with E-state index in [2.05, 4.69) is 5.32 Å². The fourth-order valence-electron chi connectivity index (χ4n) is 4.98. The first-order valence-electron chi connectivity index (χ1n) is 13.6. The molecule has 7 nitrogen and oxygen atoms in total. The van der Waals surface area contributed by atoms with E-state index in [1.165, 1.54) is 17.0 Å². The second-order valence-electron chi connectivity index (χ2n) is 10.4. The predicted octanol–water partition coefficient (Wildman–Crippen LogP) is 5.63. The Morgan fingerprint density at radius 2 is 1.62 bits per heavy atom. The maximum Gasteiger partial charge on any atom is 0.264 e. The largest absolute Gasteiger partial charge is 0.352 e. The lowest BCUT2D eigenvalue weighted by molar-refractivity contribution is -0.139. The predicted molar refractivity (Wildman–Crippen MR) is 159 cm³/mol. The Hall–Kier alpha value is -3.36. The van der Waals surface area contributed by atoms with Crippen molar-refractivity contribution in [1.29, 1.82) is 0 Å². The van der Waals surface area contributed by atoms with Crippen molar-refractivity contribution in [2.24, 2.45) is 0 Å². The van der Waals surface area contributed by atoms with E-state index in [-0.39, 0.29) is 23.4 Å². The van der Waals surface area contributed by atoms with E-state index in [1.54, 1.807) is 55.5 Å². The summed E-state index contributed by atoms with van der Waals surface area (Å²) in [7, 11) is -4.10. The lowest BCUT2D eigenvalue weighted by Gasteiger charge is -2.33. The van der Waals surface area contributed by atoms with Crippen molar-refractivity contribution in [3.05, 3.63) is 94.5 Å². The molecule has 40 heavy (non-hydrogen) atoms. The summed E-state index contributed by atoms with van der Waals surface area (Å²) in [5, 5.41) is 3.64. The number of carbonyl (C=O) groups is 2. The van der Waals surface area contributed by atoms with Crippen LogP contribution in [0.15, 0.2) is 77.7 Å². The number of aryl methyl sites for hydroxylation is 2. The van der Waals surface area contributed by atoms with Crippen molar-refractivity contribution >= 4 is 39.1 Å². The Bertz CT molecular complexity index is 1440. The monoisotopic (exact) mass is 581 g/mol. The third kappa shape index (κ3) is 7.04. The molecular weight excluding hydrogens is 546 g/mol. The van der Waals surface area contributed by atoms with Crippen LogP contribution in [-0.4, -0.2) is 43.8 Å². The summed E-state index contributed by atoms with van der Waals surface area (Å²) in [6.07, 6.45) is 3.96. The number of hydrogen-bond acceptors (Lipinski definition) is 4. The minimum atomic E-state index is -4.10. The number of hydrogen-bond donors (Lipinski definition) is 1. The molecule has 2 amide bonds. The first-order chi connectivity index (χ1) is 19.1. The zero-order valence-electron chi connectivity index (χ0n) is 23.1. The third-order valence-electron chi connectivity index (χ3n) is 7.38. The molecule has 212 valence electrons. The highest BCUT2D eigenvalue weighted by Crippen LogP contribution is 2.28. The number of sulfonamides is 1. The van der Waals surface area contributed by atoms with Crippen molar-refractivity contribution in [2.75, 3.05) is 10.8 Å². The highest BCUT2D eigenvalue weighted by Gasteiger charge is 2.33. The van der Waals surface area contributed by atoms with Crippen LogP contribution in [0.25, 0.3) is 0 Å². The molecule has 0 bridgehead atoms. The van der Waals surface area contributed by atoms with E-state index in [0.29, 0.717) is 16.3 Å². The highest BCUT2D eigenvalue weighted by molar-refractivity contribution is 7.92. The molecule has 9 heteroatoms. The Morgan fingerprint density at radius 1 is 0.975 bits per heavy atom. The molecule has 1 aliphatic rings.